The van der Waals surface area contributed by atoms with Crippen LogP contribution in [0.1, 0.15) is 60.3 Å². The summed E-state index contributed by atoms with van der Waals surface area (Å²) in [5, 5.41) is 3.84. The third kappa shape index (κ3) is 3.72. The first-order valence-corrected chi connectivity index (χ1v) is 8.44. The molecule has 1 aliphatic carbocycles. The fraction of sp³-hybridized carbons (Fsp3) is 1.00. The molecule has 19 heavy (non-hydrogen) atoms. The van der Waals surface area contributed by atoms with E-state index in [1.807, 2.05) is 0 Å². The van der Waals surface area contributed by atoms with Crippen molar-refractivity contribution in [2.45, 2.75) is 71.9 Å². The van der Waals surface area contributed by atoms with E-state index < -0.39 is 0 Å². The first-order chi connectivity index (χ1) is 8.95. The van der Waals surface area contributed by atoms with Gasteiger partial charge in [0.25, 0.3) is 0 Å². The summed E-state index contributed by atoms with van der Waals surface area (Å²) in [4.78, 5) is 2.84. The lowest BCUT2D eigenvalue weighted by Gasteiger charge is -2.50. The van der Waals surface area contributed by atoms with Crippen LogP contribution < -0.4 is 5.32 Å². The Hall–Kier alpha value is -0.0800. The third-order valence-corrected chi connectivity index (χ3v) is 5.35. The summed E-state index contributed by atoms with van der Waals surface area (Å²) in [6.45, 7) is 15.7. The molecule has 2 nitrogen and oxygen atoms in total. The zero-order valence-corrected chi connectivity index (χ0v) is 13.7. The lowest BCUT2D eigenvalue weighted by molar-refractivity contribution is 0.0195. The molecule has 0 radical (unpaired) electrons. The van der Waals surface area contributed by atoms with Crippen molar-refractivity contribution in [1.82, 2.24) is 10.2 Å². The highest BCUT2D eigenvalue weighted by Gasteiger charge is 2.48. The van der Waals surface area contributed by atoms with Gasteiger partial charge in [-0.2, -0.15) is 0 Å². The van der Waals surface area contributed by atoms with Crippen LogP contribution in [-0.2, 0) is 0 Å². The van der Waals surface area contributed by atoms with Gasteiger partial charge in [-0.25, -0.2) is 0 Å². The Kier molecular flexibility index (Phi) is 4.94. The normalized spacial score (nSPS) is 34.7. The molecule has 1 heterocycles. The van der Waals surface area contributed by atoms with Gasteiger partial charge < -0.3 is 5.32 Å². The molecule has 2 heteroatoms. The van der Waals surface area contributed by atoms with Crippen molar-refractivity contribution >= 4 is 0 Å². The van der Waals surface area contributed by atoms with Crippen molar-refractivity contribution in [3.63, 3.8) is 0 Å². The minimum Gasteiger partial charge on any atom is -0.311 e. The van der Waals surface area contributed by atoms with Crippen LogP contribution >= 0.6 is 0 Å². The SMILES string of the molecule is CCC(C)CN1CC(CC(C)C)NCC1(C)C1CC1. The molecular formula is C17H34N2. The van der Waals surface area contributed by atoms with E-state index >= 15 is 0 Å². The standard InChI is InChI=1S/C17H34N2/c1-6-14(4)10-19-11-16(9-13(2)3)18-12-17(19,5)15-7-8-15/h13-16,18H,6-12H2,1-5H3. The number of hydrogen-bond acceptors (Lipinski definition) is 2. The zero-order chi connectivity index (χ0) is 14.0. The Morgan fingerprint density at radius 3 is 2.47 bits per heavy atom. The van der Waals surface area contributed by atoms with E-state index in [0.29, 0.717) is 11.6 Å². The minimum atomic E-state index is 0.427. The molecule has 0 aromatic rings. The highest BCUT2D eigenvalue weighted by atomic mass is 15.3. The summed E-state index contributed by atoms with van der Waals surface area (Å²) >= 11 is 0. The molecule has 0 aromatic heterocycles. The van der Waals surface area contributed by atoms with E-state index in [1.165, 1.54) is 45.3 Å². The van der Waals surface area contributed by atoms with E-state index in [9.17, 15) is 0 Å². The molecule has 1 aliphatic heterocycles. The van der Waals surface area contributed by atoms with Crippen LogP contribution in [0.5, 0.6) is 0 Å². The van der Waals surface area contributed by atoms with Gasteiger partial charge in [-0.05, 0) is 43.9 Å². The molecule has 1 saturated carbocycles. The first kappa shape index (κ1) is 15.3. The van der Waals surface area contributed by atoms with Gasteiger partial charge in [0.2, 0.25) is 0 Å². The number of piperazine rings is 1. The Bertz CT molecular complexity index is 285. The molecule has 3 unspecified atom stereocenters. The average molecular weight is 266 g/mol. The molecule has 0 aromatic carbocycles. The molecule has 112 valence electrons. The molecule has 0 bridgehead atoms. The molecule has 1 saturated heterocycles. The third-order valence-electron chi connectivity index (χ3n) is 5.35. The number of hydrogen-bond donors (Lipinski definition) is 1. The van der Waals surface area contributed by atoms with E-state index in [4.69, 9.17) is 0 Å². The summed E-state index contributed by atoms with van der Waals surface area (Å²) in [6, 6.07) is 0.705. The Morgan fingerprint density at radius 2 is 1.95 bits per heavy atom. The van der Waals surface area contributed by atoms with Crippen LogP contribution in [-0.4, -0.2) is 36.1 Å². The zero-order valence-electron chi connectivity index (χ0n) is 13.7. The monoisotopic (exact) mass is 266 g/mol. The van der Waals surface area contributed by atoms with Crippen LogP contribution in [0, 0.1) is 17.8 Å². The van der Waals surface area contributed by atoms with Crippen LogP contribution in [0.3, 0.4) is 0 Å². The van der Waals surface area contributed by atoms with Crippen molar-refractivity contribution in [1.29, 1.82) is 0 Å². The quantitative estimate of drug-likeness (QED) is 0.791. The Labute approximate surface area is 120 Å². The summed E-state index contributed by atoms with van der Waals surface area (Å²) in [7, 11) is 0. The van der Waals surface area contributed by atoms with Gasteiger partial charge in [0, 0.05) is 31.2 Å². The van der Waals surface area contributed by atoms with Gasteiger partial charge in [-0.1, -0.05) is 34.1 Å². The topological polar surface area (TPSA) is 15.3 Å². The fourth-order valence-corrected chi connectivity index (χ4v) is 3.62. The highest BCUT2D eigenvalue weighted by Crippen LogP contribution is 2.44. The molecule has 3 atom stereocenters. The fourth-order valence-electron chi connectivity index (χ4n) is 3.62. The maximum Gasteiger partial charge on any atom is 0.0334 e. The predicted molar refractivity (Wildman–Crippen MR) is 83.4 cm³/mol. The predicted octanol–water partition coefficient (Wildman–Crippen LogP) is 3.52. The lowest BCUT2D eigenvalue weighted by Crippen LogP contribution is -2.65. The van der Waals surface area contributed by atoms with Gasteiger partial charge in [-0.15, -0.1) is 0 Å². The maximum atomic E-state index is 3.84. The second-order valence-corrected chi connectivity index (χ2v) is 7.76. The van der Waals surface area contributed by atoms with E-state index in [-0.39, 0.29) is 0 Å². The average Bonchev–Trinajstić information content (AvgIpc) is 3.17. The van der Waals surface area contributed by atoms with E-state index in [0.717, 1.165) is 17.8 Å². The second-order valence-electron chi connectivity index (χ2n) is 7.76. The smallest absolute Gasteiger partial charge is 0.0334 e. The number of nitrogens with zero attached hydrogens (tertiary/aromatic N) is 1. The van der Waals surface area contributed by atoms with Gasteiger partial charge in [0.1, 0.15) is 0 Å². The van der Waals surface area contributed by atoms with Gasteiger partial charge in [0.05, 0.1) is 0 Å². The largest absolute Gasteiger partial charge is 0.311 e. The van der Waals surface area contributed by atoms with Crippen LogP contribution in [0.2, 0.25) is 0 Å². The van der Waals surface area contributed by atoms with Gasteiger partial charge >= 0.3 is 0 Å². The van der Waals surface area contributed by atoms with Crippen molar-refractivity contribution in [3.05, 3.63) is 0 Å². The van der Waals surface area contributed by atoms with Crippen LogP contribution in [0.25, 0.3) is 0 Å². The van der Waals surface area contributed by atoms with Crippen LogP contribution in [0.4, 0.5) is 0 Å². The molecule has 0 spiro atoms. The van der Waals surface area contributed by atoms with Crippen LogP contribution in [0.15, 0.2) is 0 Å². The van der Waals surface area contributed by atoms with E-state index in [2.05, 4.69) is 44.8 Å². The van der Waals surface area contributed by atoms with Gasteiger partial charge in [-0.3, -0.25) is 4.90 Å². The second kappa shape index (κ2) is 6.13. The van der Waals surface area contributed by atoms with E-state index in [1.54, 1.807) is 0 Å². The van der Waals surface area contributed by atoms with Crippen molar-refractivity contribution < 1.29 is 0 Å². The summed E-state index contributed by atoms with van der Waals surface area (Å²) in [5.74, 6) is 2.58. The molecule has 0 amide bonds. The lowest BCUT2D eigenvalue weighted by atomic mass is 9.87. The van der Waals surface area contributed by atoms with Crippen molar-refractivity contribution in [2.24, 2.45) is 17.8 Å². The van der Waals surface area contributed by atoms with Crippen molar-refractivity contribution in [3.8, 4) is 0 Å². The Balaban J connectivity index is 2.00. The summed E-state index contributed by atoms with van der Waals surface area (Å²) in [5.41, 5.74) is 0.427. The first-order valence-electron chi connectivity index (χ1n) is 8.44. The molecule has 2 aliphatic rings. The molecule has 2 rings (SSSR count). The Morgan fingerprint density at radius 1 is 1.26 bits per heavy atom. The number of nitrogens with one attached hydrogen (secondary N) is 1. The highest BCUT2D eigenvalue weighted by molar-refractivity contribution is 5.05. The molecule has 2 fully saturated rings. The summed E-state index contributed by atoms with van der Waals surface area (Å²) in [6.07, 6.45) is 5.52. The summed E-state index contributed by atoms with van der Waals surface area (Å²) < 4.78 is 0. The molecule has 1 N–H and O–H groups in total. The van der Waals surface area contributed by atoms with Gasteiger partial charge in [0.15, 0.2) is 0 Å². The van der Waals surface area contributed by atoms with Crippen molar-refractivity contribution in [2.75, 3.05) is 19.6 Å². The maximum absolute atomic E-state index is 3.84. The number of rotatable bonds is 6. The molecular weight excluding hydrogens is 232 g/mol. The minimum absolute atomic E-state index is 0.427.